The number of benzene rings is 2. The molecule has 0 radical (unpaired) electrons. The Labute approximate surface area is 146 Å². The predicted molar refractivity (Wildman–Crippen MR) is 101 cm³/mol. The van der Waals surface area contributed by atoms with Crippen molar-refractivity contribution in [2.45, 2.75) is 32.1 Å². The maximum absolute atomic E-state index is 5.42. The minimum Gasteiger partial charge on any atom is -0.497 e. The first kappa shape index (κ1) is 17.0. The molecule has 0 N–H and O–H groups in total. The molecule has 1 heterocycles. The van der Waals surface area contributed by atoms with Crippen LogP contribution in [0.4, 0.5) is 0 Å². The summed E-state index contributed by atoms with van der Waals surface area (Å²) < 4.78 is 5.42. The standard InChI is InChI=1S/C22H29NO/c1-18-17-23(14-12-19-8-5-4-6-9-19)15-13-22(18,2)20-10-7-11-21(16-20)24-3/h4-11,16,18H,12-15,17H2,1-3H3. The second-order valence-electron chi connectivity index (χ2n) is 7.34. The average Bonchev–Trinajstić information content (AvgIpc) is 2.63. The topological polar surface area (TPSA) is 12.5 Å². The Balaban J connectivity index is 1.63. The highest BCUT2D eigenvalue weighted by Gasteiger charge is 2.37. The number of likely N-dealkylation sites (tertiary alicyclic amines) is 1. The van der Waals surface area contributed by atoms with Gasteiger partial charge >= 0.3 is 0 Å². The van der Waals surface area contributed by atoms with Crippen molar-refractivity contribution >= 4 is 0 Å². The van der Waals surface area contributed by atoms with Crippen LogP contribution in [0.2, 0.25) is 0 Å². The molecule has 0 saturated carbocycles. The first-order valence-electron chi connectivity index (χ1n) is 9.02. The smallest absolute Gasteiger partial charge is 0.119 e. The average molecular weight is 323 g/mol. The highest BCUT2D eigenvalue weighted by Crippen LogP contribution is 2.40. The van der Waals surface area contributed by atoms with E-state index < -0.39 is 0 Å². The van der Waals surface area contributed by atoms with E-state index in [-0.39, 0.29) is 5.41 Å². The van der Waals surface area contributed by atoms with Crippen LogP contribution in [0.1, 0.15) is 31.4 Å². The molecule has 0 bridgehead atoms. The van der Waals surface area contributed by atoms with Gasteiger partial charge in [-0.25, -0.2) is 0 Å². The van der Waals surface area contributed by atoms with Crippen molar-refractivity contribution in [1.82, 2.24) is 4.90 Å². The Morgan fingerprint density at radius 3 is 2.62 bits per heavy atom. The van der Waals surface area contributed by atoms with E-state index in [0.717, 1.165) is 18.7 Å². The van der Waals surface area contributed by atoms with Crippen LogP contribution in [0.3, 0.4) is 0 Å². The first-order valence-corrected chi connectivity index (χ1v) is 9.02. The van der Waals surface area contributed by atoms with Crippen molar-refractivity contribution in [3.05, 3.63) is 65.7 Å². The van der Waals surface area contributed by atoms with Gasteiger partial charge in [0.25, 0.3) is 0 Å². The Morgan fingerprint density at radius 1 is 1.12 bits per heavy atom. The lowest BCUT2D eigenvalue weighted by Crippen LogP contribution is -2.47. The Morgan fingerprint density at radius 2 is 1.92 bits per heavy atom. The van der Waals surface area contributed by atoms with Crippen molar-refractivity contribution < 1.29 is 4.74 Å². The van der Waals surface area contributed by atoms with Gasteiger partial charge in [0, 0.05) is 13.1 Å². The summed E-state index contributed by atoms with van der Waals surface area (Å²) in [5.74, 6) is 1.60. The van der Waals surface area contributed by atoms with Crippen LogP contribution in [0, 0.1) is 5.92 Å². The number of hydrogen-bond acceptors (Lipinski definition) is 2. The zero-order valence-electron chi connectivity index (χ0n) is 15.2. The molecule has 2 aromatic rings. The summed E-state index contributed by atoms with van der Waals surface area (Å²) in [7, 11) is 1.75. The molecule has 0 amide bonds. The molecule has 0 aromatic heterocycles. The molecule has 2 atom stereocenters. The van der Waals surface area contributed by atoms with Gasteiger partial charge in [-0.15, -0.1) is 0 Å². The second kappa shape index (κ2) is 7.40. The fraction of sp³-hybridized carbons (Fsp3) is 0.455. The summed E-state index contributed by atoms with van der Waals surface area (Å²) in [4.78, 5) is 2.62. The van der Waals surface area contributed by atoms with Crippen molar-refractivity contribution in [1.29, 1.82) is 0 Å². The lowest BCUT2D eigenvalue weighted by atomic mass is 9.68. The van der Waals surface area contributed by atoms with Crippen molar-refractivity contribution in [2.24, 2.45) is 5.92 Å². The molecule has 2 heteroatoms. The summed E-state index contributed by atoms with van der Waals surface area (Å²) in [5, 5.41) is 0. The van der Waals surface area contributed by atoms with Crippen molar-refractivity contribution in [3.8, 4) is 5.75 Å². The molecule has 1 aliphatic heterocycles. The molecular formula is C22H29NO. The van der Waals surface area contributed by atoms with E-state index in [1.807, 2.05) is 6.07 Å². The molecule has 24 heavy (non-hydrogen) atoms. The second-order valence-corrected chi connectivity index (χ2v) is 7.34. The maximum atomic E-state index is 5.42. The van der Waals surface area contributed by atoms with Gasteiger partial charge < -0.3 is 9.64 Å². The summed E-state index contributed by atoms with van der Waals surface area (Å²) in [5.41, 5.74) is 3.08. The van der Waals surface area contributed by atoms with Gasteiger partial charge in [-0.2, -0.15) is 0 Å². The molecule has 2 unspecified atom stereocenters. The highest BCUT2D eigenvalue weighted by atomic mass is 16.5. The SMILES string of the molecule is COc1cccc(C2(C)CCN(CCc3ccccc3)CC2C)c1. The fourth-order valence-corrected chi connectivity index (χ4v) is 3.86. The quantitative estimate of drug-likeness (QED) is 0.801. The van der Waals surface area contributed by atoms with E-state index in [1.165, 1.54) is 30.6 Å². The number of ether oxygens (including phenoxy) is 1. The van der Waals surface area contributed by atoms with Crippen LogP contribution in [0.15, 0.2) is 54.6 Å². The third-order valence-electron chi connectivity index (χ3n) is 5.86. The van der Waals surface area contributed by atoms with Crippen molar-refractivity contribution in [3.63, 3.8) is 0 Å². The van der Waals surface area contributed by atoms with E-state index in [2.05, 4.69) is 67.3 Å². The third-order valence-corrected chi connectivity index (χ3v) is 5.86. The predicted octanol–water partition coefficient (Wildman–Crippen LogP) is 4.54. The number of hydrogen-bond donors (Lipinski definition) is 0. The lowest BCUT2D eigenvalue weighted by Gasteiger charge is -2.45. The van der Waals surface area contributed by atoms with E-state index in [0.29, 0.717) is 5.92 Å². The Kier molecular flexibility index (Phi) is 5.25. The molecule has 2 nitrogen and oxygen atoms in total. The molecule has 1 fully saturated rings. The van der Waals surface area contributed by atoms with E-state index in [4.69, 9.17) is 4.74 Å². The molecular weight excluding hydrogens is 294 g/mol. The van der Waals surface area contributed by atoms with Crippen molar-refractivity contribution in [2.75, 3.05) is 26.7 Å². The molecule has 0 aliphatic carbocycles. The van der Waals surface area contributed by atoms with Crippen LogP contribution < -0.4 is 4.74 Å². The highest BCUT2D eigenvalue weighted by molar-refractivity contribution is 5.34. The summed E-state index contributed by atoms with van der Waals surface area (Å²) in [6, 6.07) is 19.4. The summed E-state index contributed by atoms with van der Waals surface area (Å²) in [6.45, 7) is 8.31. The van der Waals surface area contributed by atoms with Gasteiger partial charge in [0.2, 0.25) is 0 Å². The lowest BCUT2D eigenvalue weighted by molar-refractivity contribution is 0.112. The normalized spacial score (nSPS) is 24.7. The number of methoxy groups -OCH3 is 1. The summed E-state index contributed by atoms with van der Waals surface area (Å²) in [6.07, 6.45) is 2.35. The van der Waals surface area contributed by atoms with Gasteiger partial charge in [-0.1, -0.05) is 56.3 Å². The molecule has 0 spiro atoms. The third kappa shape index (κ3) is 3.64. The minimum atomic E-state index is 0.234. The molecule has 128 valence electrons. The maximum Gasteiger partial charge on any atom is 0.119 e. The molecule has 3 rings (SSSR count). The van der Waals surface area contributed by atoms with Crippen LogP contribution in [-0.4, -0.2) is 31.6 Å². The van der Waals surface area contributed by atoms with Crippen LogP contribution in [-0.2, 0) is 11.8 Å². The van der Waals surface area contributed by atoms with Gasteiger partial charge in [-0.3, -0.25) is 0 Å². The van der Waals surface area contributed by atoms with Gasteiger partial charge in [0.05, 0.1) is 7.11 Å². The molecule has 1 saturated heterocycles. The minimum absolute atomic E-state index is 0.234. The number of nitrogens with zero attached hydrogens (tertiary/aromatic N) is 1. The Hall–Kier alpha value is -1.80. The Bertz CT molecular complexity index is 654. The molecule has 2 aromatic carbocycles. The van der Waals surface area contributed by atoms with E-state index in [1.54, 1.807) is 7.11 Å². The van der Waals surface area contributed by atoms with E-state index in [9.17, 15) is 0 Å². The fourth-order valence-electron chi connectivity index (χ4n) is 3.86. The summed E-state index contributed by atoms with van der Waals surface area (Å²) >= 11 is 0. The van der Waals surface area contributed by atoms with Crippen LogP contribution in [0.25, 0.3) is 0 Å². The monoisotopic (exact) mass is 323 g/mol. The van der Waals surface area contributed by atoms with Gasteiger partial charge in [0.1, 0.15) is 5.75 Å². The van der Waals surface area contributed by atoms with Gasteiger partial charge in [-0.05, 0) is 54.0 Å². The zero-order valence-corrected chi connectivity index (χ0v) is 15.2. The number of rotatable bonds is 5. The first-order chi connectivity index (χ1) is 11.6. The van der Waals surface area contributed by atoms with Crippen LogP contribution >= 0.6 is 0 Å². The number of piperidine rings is 1. The largest absolute Gasteiger partial charge is 0.497 e. The van der Waals surface area contributed by atoms with Gasteiger partial charge in [0.15, 0.2) is 0 Å². The van der Waals surface area contributed by atoms with E-state index >= 15 is 0 Å². The zero-order chi connectivity index (χ0) is 17.0. The molecule has 1 aliphatic rings. The van der Waals surface area contributed by atoms with Crippen LogP contribution in [0.5, 0.6) is 5.75 Å².